The maximum absolute atomic E-state index is 12.6. The van der Waals surface area contributed by atoms with Crippen LogP contribution in [-0.2, 0) is 6.18 Å². The molecule has 0 spiro atoms. The number of benzene rings is 1. The Hall–Kier alpha value is -1.43. The van der Waals surface area contributed by atoms with Crippen LogP contribution in [0.4, 0.5) is 24.5 Å². The summed E-state index contributed by atoms with van der Waals surface area (Å²) in [6, 6.07) is 3.54. The van der Waals surface area contributed by atoms with E-state index in [-0.39, 0.29) is 5.69 Å². The molecule has 0 aliphatic carbocycles. The Morgan fingerprint density at radius 1 is 1.15 bits per heavy atom. The molecule has 0 saturated carbocycles. The maximum Gasteiger partial charge on any atom is 0.416 e. The third-order valence-electron chi connectivity index (χ3n) is 3.11. The molecular formula is C14H22F3N3. The topological polar surface area (TPSA) is 32.5 Å². The van der Waals surface area contributed by atoms with Crippen LogP contribution < -0.4 is 10.6 Å². The SMILES string of the molecule is CCN(CCCN(C)C)c1ccc(C(F)(F)F)cc1N. The molecule has 0 bridgehead atoms. The van der Waals surface area contributed by atoms with Crippen LogP contribution in [0, 0.1) is 0 Å². The first-order chi connectivity index (χ1) is 9.25. The van der Waals surface area contributed by atoms with E-state index >= 15 is 0 Å². The summed E-state index contributed by atoms with van der Waals surface area (Å²) in [5.41, 5.74) is 5.91. The van der Waals surface area contributed by atoms with Gasteiger partial charge in [-0.2, -0.15) is 13.2 Å². The van der Waals surface area contributed by atoms with Crippen LogP contribution in [0.1, 0.15) is 18.9 Å². The van der Waals surface area contributed by atoms with Crippen molar-refractivity contribution in [1.82, 2.24) is 4.90 Å². The second kappa shape index (κ2) is 6.83. The highest BCUT2D eigenvalue weighted by Gasteiger charge is 2.31. The molecule has 1 rings (SSSR count). The number of hydrogen-bond acceptors (Lipinski definition) is 3. The number of alkyl halides is 3. The van der Waals surface area contributed by atoms with Crippen molar-refractivity contribution < 1.29 is 13.2 Å². The van der Waals surface area contributed by atoms with Crippen LogP contribution in [0.25, 0.3) is 0 Å². The summed E-state index contributed by atoms with van der Waals surface area (Å²) in [4.78, 5) is 4.07. The average Bonchev–Trinajstić information content (AvgIpc) is 2.34. The van der Waals surface area contributed by atoms with Crippen LogP contribution >= 0.6 is 0 Å². The first-order valence-corrected chi connectivity index (χ1v) is 6.62. The fraction of sp³-hybridized carbons (Fsp3) is 0.571. The molecule has 0 aromatic heterocycles. The molecule has 1 aromatic carbocycles. The van der Waals surface area contributed by atoms with Gasteiger partial charge in [0.25, 0.3) is 0 Å². The van der Waals surface area contributed by atoms with Crippen LogP contribution in [-0.4, -0.2) is 38.6 Å². The Morgan fingerprint density at radius 3 is 2.25 bits per heavy atom. The number of hydrogen-bond donors (Lipinski definition) is 1. The van der Waals surface area contributed by atoms with Crippen LogP contribution in [0.2, 0.25) is 0 Å². The molecule has 2 N–H and O–H groups in total. The molecule has 0 aliphatic heterocycles. The number of nitrogen functional groups attached to an aromatic ring is 1. The zero-order valence-corrected chi connectivity index (χ0v) is 12.2. The van der Waals surface area contributed by atoms with Gasteiger partial charge in [0, 0.05) is 13.1 Å². The molecule has 0 heterocycles. The largest absolute Gasteiger partial charge is 0.416 e. The van der Waals surface area contributed by atoms with Gasteiger partial charge in [0.2, 0.25) is 0 Å². The summed E-state index contributed by atoms with van der Waals surface area (Å²) in [6.07, 6.45) is -3.42. The van der Waals surface area contributed by atoms with E-state index in [1.54, 1.807) is 0 Å². The summed E-state index contributed by atoms with van der Waals surface area (Å²) < 4.78 is 37.8. The van der Waals surface area contributed by atoms with Gasteiger partial charge in [0.05, 0.1) is 16.9 Å². The fourth-order valence-electron chi connectivity index (χ4n) is 2.05. The van der Waals surface area contributed by atoms with Gasteiger partial charge in [-0.15, -0.1) is 0 Å². The van der Waals surface area contributed by atoms with Gasteiger partial charge >= 0.3 is 6.18 Å². The Bertz CT molecular complexity index is 430. The van der Waals surface area contributed by atoms with Gasteiger partial charge in [0.1, 0.15) is 0 Å². The van der Waals surface area contributed by atoms with Gasteiger partial charge in [-0.05, 0) is 52.2 Å². The molecule has 0 saturated heterocycles. The Morgan fingerprint density at radius 2 is 1.80 bits per heavy atom. The van der Waals surface area contributed by atoms with Crippen LogP contribution in [0.15, 0.2) is 18.2 Å². The Labute approximate surface area is 118 Å². The predicted molar refractivity (Wildman–Crippen MR) is 76.9 cm³/mol. The monoisotopic (exact) mass is 289 g/mol. The minimum absolute atomic E-state index is 0.173. The Kier molecular flexibility index (Phi) is 5.68. The summed E-state index contributed by atoms with van der Waals surface area (Å²) in [5.74, 6) is 0. The summed E-state index contributed by atoms with van der Waals surface area (Å²) in [6.45, 7) is 4.37. The number of halogens is 3. The van der Waals surface area contributed by atoms with Crippen molar-refractivity contribution in [2.24, 2.45) is 0 Å². The highest BCUT2D eigenvalue weighted by Crippen LogP contribution is 2.34. The number of nitrogens with zero attached hydrogens (tertiary/aromatic N) is 2. The normalized spacial score (nSPS) is 11.9. The van der Waals surface area contributed by atoms with E-state index in [0.717, 1.165) is 31.6 Å². The fourth-order valence-corrected chi connectivity index (χ4v) is 2.05. The quantitative estimate of drug-likeness (QED) is 0.817. The molecule has 0 fully saturated rings. The van der Waals surface area contributed by atoms with Crippen molar-refractivity contribution in [3.05, 3.63) is 23.8 Å². The van der Waals surface area contributed by atoms with E-state index in [1.165, 1.54) is 6.07 Å². The zero-order valence-electron chi connectivity index (χ0n) is 12.2. The van der Waals surface area contributed by atoms with Gasteiger partial charge in [-0.3, -0.25) is 0 Å². The molecule has 1 aromatic rings. The van der Waals surface area contributed by atoms with Gasteiger partial charge < -0.3 is 15.5 Å². The third-order valence-corrected chi connectivity index (χ3v) is 3.11. The molecule has 0 amide bonds. The van der Waals surface area contributed by atoms with Crippen molar-refractivity contribution >= 4 is 11.4 Å². The summed E-state index contributed by atoms with van der Waals surface area (Å²) in [7, 11) is 3.98. The smallest absolute Gasteiger partial charge is 0.397 e. The predicted octanol–water partition coefficient (Wildman–Crippen LogP) is 3.07. The second-order valence-electron chi connectivity index (χ2n) is 5.01. The third kappa shape index (κ3) is 4.59. The number of anilines is 2. The number of nitrogens with two attached hydrogens (primary N) is 1. The minimum atomic E-state index is -4.35. The first-order valence-electron chi connectivity index (χ1n) is 6.62. The molecule has 0 aliphatic rings. The highest BCUT2D eigenvalue weighted by molar-refractivity contribution is 5.68. The Balaban J connectivity index is 2.83. The lowest BCUT2D eigenvalue weighted by Gasteiger charge is -2.26. The van der Waals surface area contributed by atoms with E-state index in [2.05, 4.69) is 4.90 Å². The van der Waals surface area contributed by atoms with Crippen molar-refractivity contribution in [3.8, 4) is 0 Å². The second-order valence-corrected chi connectivity index (χ2v) is 5.01. The minimum Gasteiger partial charge on any atom is -0.397 e. The highest BCUT2D eigenvalue weighted by atomic mass is 19.4. The molecule has 0 unspecified atom stereocenters. The summed E-state index contributed by atoms with van der Waals surface area (Å²) in [5, 5.41) is 0. The molecule has 20 heavy (non-hydrogen) atoms. The number of rotatable bonds is 6. The first kappa shape index (κ1) is 16.6. The van der Waals surface area contributed by atoms with Crippen molar-refractivity contribution in [1.29, 1.82) is 0 Å². The summed E-state index contributed by atoms with van der Waals surface area (Å²) >= 11 is 0. The van der Waals surface area contributed by atoms with Gasteiger partial charge in [-0.25, -0.2) is 0 Å². The molecule has 0 atom stereocenters. The average molecular weight is 289 g/mol. The molecular weight excluding hydrogens is 267 g/mol. The van der Waals surface area contributed by atoms with E-state index in [9.17, 15) is 13.2 Å². The van der Waals surface area contributed by atoms with E-state index in [0.29, 0.717) is 12.2 Å². The van der Waals surface area contributed by atoms with Crippen LogP contribution in [0.5, 0.6) is 0 Å². The lowest BCUT2D eigenvalue weighted by molar-refractivity contribution is -0.137. The van der Waals surface area contributed by atoms with Crippen LogP contribution in [0.3, 0.4) is 0 Å². The van der Waals surface area contributed by atoms with Crippen molar-refractivity contribution in [2.75, 3.05) is 44.4 Å². The lowest BCUT2D eigenvalue weighted by Crippen LogP contribution is -2.27. The van der Waals surface area contributed by atoms with Gasteiger partial charge in [0.15, 0.2) is 0 Å². The van der Waals surface area contributed by atoms with E-state index < -0.39 is 11.7 Å². The molecule has 0 radical (unpaired) electrons. The zero-order chi connectivity index (χ0) is 15.3. The molecule has 114 valence electrons. The van der Waals surface area contributed by atoms with Crippen molar-refractivity contribution in [2.45, 2.75) is 19.5 Å². The van der Waals surface area contributed by atoms with E-state index in [1.807, 2.05) is 25.9 Å². The lowest BCUT2D eigenvalue weighted by atomic mass is 10.1. The standard InChI is InChI=1S/C14H22F3N3/c1-4-20(9-5-8-19(2)3)13-7-6-11(10-12(13)18)14(15,16)17/h6-7,10H,4-5,8-9,18H2,1-3H3. The maximum atomic E-state index is 12.6. The van der Waals surface area contributed by atoms with Crippen molar-refractivity contribution in [3.63, 3.8) is 0 Å². The molecule has 6 heteroatoms. The van der Waals surface area contributed by atoms with Gasteiger partial charge in [-0.1, -0.05) is 0 Å². The molecule has 3 nitrogen and oxygen atoms in total. The van der Waals surface area contributed by atoms with E-state index in [4.69, 9.17) is 5.73 Å².